The Morgan fingerprint density at radius 2 is 2.06 bits per heavy atom. The van der Waals surface area contributed by atoms with Gasteiger partial charge in [-0.25, -0.2) is 4.98 Å². The summed E-state index contributed by atoms with van der Waals surface area (Å²) in [5, 5.41) is 0. The van der Waals surface area contributed by atoms with Crippen LogP contribution in [0.5, 0.6) is 0 Å². The van der Waals surface area contributed by atoms with Gasteiger partial charge in [-0.1, -0.05) is 0 Å². The Hall–Kier alpha value is -2.36. The van der Waals surface area contributed by atoms with Crippen LogP contribution in [-0.4, -0.2) is 4.98 Å². The standard InChI is InChI=1S/C13H10N2O2/c1-7-4-9(16)6-12-13(7)15-10-3-2-8(14)5-11(10)17-12/h2-6H,14H2,1H3. The van der Waals surface area contributed by atoms with Crippen LogP contribution in [0, 0.1) is 6.92 Å². The van der Waals surface area contributed by atoms with Crippen LogP contribution >= 0.6 is 0 Å². The first-order chi connectivity index (χ1) is 8.13. The molecule has 2 aliphatic rings. The van der Waals surface area contributed by atoms with Crippen molar-refractivity contribution in [2.45, 2.75) is 6.92 Å². The van der Waals surface area contributed by atoms with Gasteiger partial charge in [-0.05, 0) is 30.7 Å². The molecule has 0 atom stereocenters. The number of nitrogens with zero attached hydrogens (tertiary/aromatic N) is 1. The van der Waals surface area contributed by atoms with E-state index in [-0.39, 0.29) is 5.43 Å². The molecule has 0 saturated carbocycles. The van der Waals surface area contributed by atoms with Crippen molar-refractivity contribution < 1.29 is 4.42 Å². The summed E-state index contributed by atoms with van der Waals surface area (Å²) in [5.74, 6) is 0.494. The van der Waals surface area contributed by atoms with Crippen molar-refractivity contribution in [1.29, 1.82) is 0 Å². The molecule has 0 fully saturated rings. The summed E-state index contributed by atoms with van der Waals surface area (Å²) < 4.78 is 5.65. The molecule has 0 spiro atoms. The average Bonchev–Trinajstić information content (AvgIpc) is 2.26. The number of hydrogen-bond donors (Lipinski definition) is 1. The van der Waals surface area contributed by atoms with Crippen LogP contribution in [0.4, 0.5) is 5.69 Å². The highest BCUT2D eigenvalue weighted by molar-refractivity contribution is 5.79. The minimum absolute atomic E-state index is 0.0798. The van der Waals surface area contributed by atoms with Crippen LogP contribution < -0.4 is 11.2 Å². The van der Waals surface area contributed by atoms with E-state index >= 15 is 0 Å². The van der Waals surface area contributed by atoms with E-state index in [4.69, 9.17) is 10.2 Å². The van der Waals surface area contributed by atoms with E-state index in [0.29, 0.717) is 22.7 Å². The first-order valence-corrected chi connectivity index (χ1v) is 5.24. The third-order valence-corrected chi connectivity index (χ3v) is 2.68. The van der Waals surface area contributed by atoms with Gasteiger partial charge in [-0.3, -0.25) is 4.79 Å². The lowest BCUT2D eigenvalue weighted by molar-refractivity contribution is 0.612. The van der Waals surface area contributed by atoms with Crippen LogP contribution in [-0.2, 0) is 0 Å². The molecule has 17 heavy (non-hydrogen) atoms. The Morgan fingerprint density at radius 1 is 1.24 bits per heavy atom. The lowest BCUT2D eigenvalue weighted by Crippen LogP contribution is -2.03. The van der Waals surface area contributed by atoms with Crippen molar-refractivity contribution in [1.82, 2.24) is 4.98 Å². The summed E-state index contributed by atoms with van der Waals surface area (Å²) in [6, 6.07) is 8.27. The van der Waals surface area contributed by atoms with Crippen LogP contribution in [0.1, 0.15) is 5.56 Å². The zero-order valence-corrected chi connectivity index (χ0v) is 9.23. The van der Waals surface area contributed by atoms with E-state index in [1.165, 1.54) is 6.07 Å². The maximum Gasteiger partial charge on any atom is 0.182 e. The fourth-order valence-electron chi connectivity index (χ4n) is 1.88. The molecule has 0 unspecified atom stereocenters. The van der Waals surface area contributed by atoms with Crippen LogP contribution in [0.15, 0.2) is 39.5 Å². The van der Waals surface area contributed by atoms with Crippen molar-refractivity contribution in [3.63, 3.8) is 0 Å². The topological polar surface area (TPSA) is 69.1 Å². The van der Waals surface area contributed by atoms with Gasteiger partial charge in [-0.2, -0.15) is 0 Å². The number of anilines is 1. The quantitative estimate of drug-likeness (QED) is 0.471. The number of aryl methyl sites for hydroxylation is 1. The summed E-state index contributed by atoms with van der Waals surface area (Å²) in [5.41, 5.74) is 9.05. The molecule has 0 amide bonds. The number of aromatic nitrogens is 1. The number of hydrogen-bond acceptors (Lipinski definition) is 4. The predicted molar refractivity (Wildman–Crippen MR) is 66.1 cm³/mol. The molecule has 1 aromatic carbocycles. The normalized spacial score (nSPS) is 11.1. The van der Waals surface area contributed by atoms with Gasteiger partial charge in [0.1, 0.15) is 11.2 Å². The summed E-state index contributed by atoms with van der Waals surface area (Å²) in [7, 11) is 0. The molecule has 2 N–H and O–H groups in total. The second-order valence-electron chi connectivity index (χ2n) is 4.03. The lowest BCUT2D eigenvalue weighted by Gasteiger charge is -2.08. The van der Waals surface area contributed by atoms with Crippen molar-refractivity contribution in [3.8, 4) is 11.5 Å². The summed E-state index contributed by atoms with van der Waals surface area (Å²) in [6.45, 7) is 1.84. The molecule has 1 aliphatic carbocycles. The third-order valence-electron chi connectivity index (χ3n) is 2.68. The molecule has 3 rings (SSSR count). The maximum absolute atomic E-state index is 11.4. The van der Waals surface area contributed by atoms with E-state index < -0.39 is 0 Å². The number of rotatable bonds is 0. The van der Waals surface area contributed by atoms with Crippen molar-refractivity contribution in [2.24, 2.45) is 0 Å². The molecule has 4 nitrogen and oxygen atoms in total. The lowest BCUT2D eigenvalue weighted by atomic mass is 10.1. The molecule has 0 radical (unpaired) electrons. The Bertz CT molecular complexity index is 746. The zero-order valence-electron chi connectivity index (χ0n) is 9.23. The maximum atomic E-state index is 11.4. The smallest absolute Gasteiger partial charge is 0.182 e. The Morgan fingerprint density at radius 3 is 2.88 bits per heavy atom. The van der Waals surface area contributed by atoms with E-state index in [1.54, 1.807) is 24.3 Å². The van der Waals surface area contributed by atoms with Gasteiger partial charge in [0.05, 0.1) is 0 Å². The highest BCUT2D eigenvalue weighted by Gasteiger charge is 2.12. The highest BCUT2D eigenvalue weighted by atomic mass is 16.3. The Labute approximate surface area is 97.0 Å². The molecule has 0 aromatic heterocycles. The van der Waals surface area contributed by atoms with Gasteiger partial charge in [-0.15, -0.1) is 0 Å². The molecule has 0 saturated heterocycles. The summed E-state index contributed by atoms with van der Waals surface area (Å²) >= 11 is 0. The number of nitrogen functional groups attached to an aromatic ring is 1. The van der Waals surface area contributed by atoms with Gasteiger partial charge in [0.2, 0.25) is 0 Å². The Kier molecular flexibility index (Phi) is 1.92. The first kappa shape index (κ1) is 9.84. The van der Waals surface area contributed by atoms with E-state index in [0.717, 1.165) is 11.1 Å². The second kappa shape index (κ2) is 3.31. The minimum atomic E-state index is -0.0798. The van der Waals surface area contributed by atoms with E-state index in [9.17, 15) is 4.79 Å². The molecule has 84 valence electrons. The molecular weight excluding hydrogens is 216 g/mol. The number of benzene rings is 2. The molecule has 1 aliphatic heterocycles. The van der Waals surface area contributed by atoms with Crippen molar-refractivity contribution >= 4 is 16.8 Å². The Balaban J connectivity index is 2.49. The number of fused-ring (bicyclic) bond motifs is 2. The highest BCUT2D eigenvalue weighted by Crippen LogP contribution is 2.26. The number of nitrogens with two attached hydrogens (primary N) is 1. The van der Waals surface area contributed by atoms with Gasteiger partial charge in [0.25, 0.3) is 0 Å². The average molecular weight is 226 g/mol. The molecule has 1 heterocycles. The van der Waals surface area contributed by atoms with Gasteiger partial charge in [0.15, 0.2) is 16.8 Å². The fraction of sp³-hybridized carbons (Fsp3) is 0.0769. The van der Waals surface area contributed by atoms with Crippen molar-refractivity contribution in [3.05, 3.63) is 46.1 Å². The fourth-order valence-corrected chi connectivity index (χ4v) is 1.88. The SMILES string of the molecule is Cc1cc(=O)cc2oc3cc(N)ccc3nc1-2. The first-order valence-electron chi connectivity index (χ1n) is 5.24. The molecular formula is C13H10N2O2. The van der Waals surface area contributed by atoms with Gasteiger partial charge < -0.3 is 10.2 Å². The van der Waals surface area contributed by atoms with Gasteiger partial charge >= 0.3 is 0 Å². The zero-order chi connectivity index (χ0) is 12.0. The van der Waals surface area contributed by atoms with Crippen LogP contribution in [0.3, 0.4) is 0 Å². The van der Waals surface area contributed by atoms with Crippen LogP contribution in [0.25, 0.3) is 22.6 Å². The van der Waals surface area contributed by atoms with Crippen molar-refractivity contribution in [2.75, 3.05) is 5.73 Å². The second-order valence-corrected chi connectivity index (χ2v) is 4.03. The summed E-state index contributed by atoms with van der Waals surface area (Å²) in [6.07, 6.45) is 0. The van der Waals surface area contributed by atoms with Crippen LogP contribution in [0.2, 0.25) is 0 Å². The molecule has 1 aromatic rings. The largest absolute Gasteiger partial charge is 0.453 e. The van der Waals surface area contributed by atoms with Gasteiger partial charge in [0, 0.05) is 17.8 Å². The molecule has 4 heteroatoms. The van der Waals surface area contributed by atoms with E-state index in [1.807, 2.05) is 6.92 Å². The minimum Gasteiger partial charge on any atom is -0.453 e. The molecule has 0 bridgehead atoms. The predicted octanol–water partition coefficient (Wildman–Crippen LogP) is 2.18. The third kappa shape index (κ3) is 1.54. The monoisotopic (exact) mass is 226 g/mol. The summed E-state index contributed by atoms with van der Waals surface area (Å²) in [4.78, 5) is 15.9. The van der Waals surface area contributed by atoms with E-state index in [2.05, 4.69) is 4.98 Å².